The van der Waals surface area contributed by atoms with Gasteiger partial charge < -0.3 is 10.4 Å². The van der Waals surface area contributed by atoms with Crippen molar-refractivity contribution in [3.8, 4) is 17.0 Å². The summed E-state index contributed by atoms with van der Waals surface area (Å²) in [5.41, 5.74) is 5.15. The first-order chi connectivity index (χ1) is 12.5. The van der Waals surface area contributed by atoms with Crippen LogP contribution < -0.4 is 5.32 Å². The Hall–Kier alpha value is -2.98. The molecule has 5 heteroatoms. The van der Waals surface area contributed by atoms with Gasteiger partial charge in [0, 0.05) is 22.5 Å². The van der Waals surface area contributed by atoms with E-state index in [2.05, 4.69) is 5.32 Å². The van der Waals surface area contributed by atoms with Crippen molar-refractivity contribution >= 4 is 28.8 Å². The van der Waals surface area contributed by atoms with Crippen molar-refractivity contribution in [1.29, 1.82) is 0 Å². The molecule has 0 atom stereocenters. The summed E-state index contributed by atoms with van der Waals surface area (Å²) < 4.78 is 1.98. The molecule has 0 bridgehead atoms. The molecule has 2 heterocycles. The van der Waals surface area contributed by atoms with E-state index >= 15 is 0 Å². The summed E-state index contributed by atoms with van der Waals surface area (Å²) in [5, 5.41) is 14.5. The minimum Gasteiger partial charge on any atom is -0.507 e. The number of phenols is 1. The van der Waals surface area contributed by atoms with Crippen LogP contribution in [0, 0.1) is 13.8 Å². The normalized spacial score (nSPS) is 11.0. The van der Waals surface area contributed by atoms with Gasteiger partial charge in [-0.15, -0.1) is 0 Å². The minimum absolute atomic E-state index is 0.193. The fourth-order valence-corrected chi connectivity index (χ4v) is 3.17. The van der Waals surface area contributed by atoms with Crippen molar-refractivity contribution in [3.05, 3.63) is 76.9 Å². The second kappa shape index (κ2) is 6.39. The molecule has 4 aromatic rings. The van der Waals surface area contributed by atoms with Crippen LogP contribution in [0.5, 0.6) is 5.75 Å². The molecule has 2 aromatic carbocycles. The number of nitrogens with zero attached hydrogens (tertiary/aromatic N) is 2. The van der Waals surface area contributed by atoms with Gasteiger partial charge in [0.2, 0.25) is 0 Å². The van der Waals surface area contributed by atoms with E-state index in [9.17, 15) is 5.11 Å². The van der Waals surface area contributed by atoms with Crippen molar-refractivity contribution in [3.63, 3.8) is 0 Å². The SMILES string of the molecule is Cc1ccn2c(Nc3cccc(Cl)c3C)c(-c3ccccc3O)nc2c1. The zero-order valence-corrected chi connectivity index (χ0v) is 15.2. The van der Waals surface area contributed by atoms with E-state index in [-0.39, 0.29) is 5.75 Å². The monoisotopic (exact) mass is 363 g/mol. The van der Waals surface area contributed by atoms with Crippen LogP contribution in [0.1, 0.15) is 11.1 Å². The lowest BCUT2D eigenvalue weighted by Crippen LogP contribution is -1.99. The molecule has 0 aliphatic heterocycles. The number of aromatic nitrogens is 2. The van der Waals surface area contributed by atoms with Crippen LogP contribution in [0.25, 0.3) is 16.9 Å². The lowest BCUT2D eigenvalue weighted by molar-refractivity contribution is 0.477. The van der Waals surface area contributed by atoms with Gasteiger partial charge in [0.05, 0.1) is 0 Å². The second-order valence-electron chi connectivity index (χ2n) is 6.30. The minimum atomic E-state index is 0.193. The summed E-state index contributed by atoms with van der Waals surface area (Å²) >= 11 is 6.27. The third-order valence-corrected chi connectivity index (χ3v) is 4.87. The molecule has 0 fully saturated rings. The molecule has 0 aliphatic carbocycles. The summed E-state index contributed by atoms with van der Waals surface area (Å²) in [6, 6.07) is 17.0. The molecular weight excluding hydrogens is 346 g/mol. The van der Waals surface area contributed by atoms with E-state index in [0.717, 1.165) is 28.3 Å². The van der Waals surface area contributed by atoms with Gasteiger partial charge in [-0.3, -0.25) is 4.40 Å². The Bertz CT molecular complexity index is 1120. The highest BCUT2D eigenvalue weighted by molar-refractivity contribution is 6.31. The number of halogens is 1. The highest BCUT2D eigenvalue weighted by Gasteiger charge is 2.18. The molecule has 26 heavy (non-hydrogen) atoms. The van der Waals surface area contributed by atoms with Crippen LogP contribution in [0.3, 0.4) is 0 Å². The maximum Gasteiger partial charge on any atom is 0.143 e. The van der Waals surface area contributed by atoms with Gasteiger partial charge in [0.1, 0.15) is 22.9 Å². The standard InChI is InChI=1S/C21H18ClN3O/c1-13-10-11-25-19(12-13)24-20(15-6-3-4-9-18(15)26)21(25)23-17-8-5-7-16(22)14(17)2/h3-12,23,26H,1-2H3. The van der Waals surface area contributed by atoms with E-state index in [4.69, 9.17) is 16.6 Å². The molecule has 130 valence electrons. The first-order valence-corrected chi connectivity index (χ1v) is 8.71. The smallest absolute Gasteiger partial charge is 0.143 e. The number of para-hydroxylation sites is 1. The number of phenolic OH excluding ortho intramolecular Hbond substituents is 1. The van der Waals surface area contributed by atoms with Crippen molar-refractivity contribution in [2.24, 2.45) is 0 Å². The summed E-state index contributed by atoms with van der Waals surface area (Å²) in [6.07, 6.45) is 1.98. The fourth-order valence-electron chi connectivity index (χ4n) is 3.00. The predicted molar refractivity (Wildman–Crippen MR) is 107 cm³/mol. The number of imidazole rings is 1. The number of benzene rings is 2. The summed E-state index contributed by atoms with van der Waals surface area (Å²) in [7, 11) is 0. The Kier molecular flexibility index (Phi) is 4.05. The number of aryl methyl sites for hydroxylation is 1. The van der Waals surface area contributed by atoms with Gasteiger partial charge in [0.25, 0.3) is 0 Å². The molecule has 0 saturated carbocycles. The third-order valence-electron chi connectivity index (χ3n) is 4.46. The Morgan fingerprint density at radius 3 is 2.65 bits per heavy atom. The first-order valence-electron chi connectivity index (χ1n) is 8.34. The molecular formula is C21H18ClN3O. The molecule has 2 N–H and O–H groups in total. The predicted octanol–water partition coefficient (Wildman–Crippen LogP) is 5.72. The number of rotatable bonds is 3. The van der Waals surface area contributed by atoms with E-state index in [0.29, 0.717) is 16.3 Å². The quantitative estimate of drug-likeness (QED) is 0.489. The van der Waals surface area contributed by atoms with Crippen LogP contribution in [0.4, 0.5) is 11.5 Å². The van der Waals surface area contributed by atoms with Crippen molar-refractivity contribution in [1.82, 2.24) is 9.38 Å². The number of hydrogen-bond acceptors (Lipinski definition) is 3. The number of fused-ring (bicyclic) bond motifs is 1. The molecule has 0 amide bonds. The highest BCUT2D eigenvalue weighted by atomic mass is 35.5. The van der Waals surface area contributed by atoms with Crippen LogP contribution in [0.2, 0.25) is 5.02 Å². The Morgan fingerprint density at radius 1 is 1.04 bits per heavy atom. The summed E-state index contributed by atoms with van der Waals surface area (Å²) in [6.45, 7) is 4.00. The van der Waals surface area contributed by atoms with Crippen LogP contribution in [-0.4, -0.2) is 14.5 Å². The van der Waals surface area contributed by atoms with E-state index in [1.54, 1.807) is 12.1 Å². The van der Waals surface area contributed by atoms with Crippen LogP contribution in [0.15, 0.2) is 60.8 Å². The number of hydrogen-bond donors (Lipinski definition) is 2. The van der Waals surface area contributed by atoms with Gasteiger partial charge >= 0.3 is 0 Å². The number of aromatic hydroxyl groups is 1. The largest absolute Gasteiger partial charge is 0.507 e. The molecule has 4 nitrogen and oxygen atoms in total. The highest BCUT2D eigenvalue weighted by Crippen LogP contribution is 2.37. The summed E-state index contributed by atoms with van der Waals surface area (Å²) in [5.74, 6) is 0.977. The fraction of sp³-hybridized carbons (Fsp3) is 0.0952. The maximum atomic E-state index is 10.3. The Morgan fingerprint density at radius 2 is 1.85 bits per heavy atom. The van der Waals surface area contributed by atoms with Crippen LogP contribution in [-0.2, 0) is 0 Å². The number of nitrogens with one attached hydrogen (secondary N) is 1. The Balaban J connectivity index is 1.96. The topological polar surface area (TPSA) is 49.6 Å². The summed E-state index contributed by atoms with van der Waals surface area (Å²) in [4.78, 5) is 4.76. The Labute approximate surface area is 156 Å². The van der Waals surface area contributed by atoms with E-state index < -0.39 is 0 Å². The number of anilines is 2. The van der Waals surface area contributed by atoms with Gasteiger partial charge in [0.15, 0.2) is 0 Å². The lowest BCUT2D eigenvalue weighted by atomic mass is 10.1. The molecule has 0 aliphatic rings. The van der Waals surface area contributed by atoms with Gasteiger partial charge in [-0.1, -0.05) is 29.8 Å². The van der Waals surface area contributed by atoms with E-state index in [1.165, 1.54) is 0 Å². The zero-order chi connectivity index (χ0) is 18.3. The molecule has 0 spiro atoms. The first kappa shape index (κ1) is 16.5. The third kappa shape index (κ3) is 2.78. The van der Waals surface area contributed by atoms with Crippen molar-refractivity contribution in [2.45, 2.75) is 13.8 Å². The second-order valence-corrected chi connectivity index (χ2v) is 6.70. The van der Waals surface area contributed by atoms with Crippen molar-refractivity contribution in [2.75, 3.05) is 5.32 Å². The van der Waals surface area contributed by atoms with E-state index in [1.807, 2.05) is 66.9 Å². The average molecular weight is 364 g/mol. The molecule has 4 rings (SSSR count). The van der Waals surface area contributed by atoms with Gasteiger partial charge in [-0.25, -0.2) is 4.98 Å². The molecule has 0 unspecified atom stereocenters. The molecule has 0 radical (unpaired) electrons. The number of pyridine rings is 1. The average Bonchev–Trinajstić information content (AvgIpc) is 2.96. The van der Waals surface area contributed by atoms with Crippen LogP contribution >= 0.6 is 11.6 Å². The zero-order valence-electron chi connectivity index (χ0n) is 14.5. The van der Waals surface area contributed by atoms with Gasteiger partial charge in [-0.05, 0) is 61.4 Å². The molecule has 0 saturated heterocycles. The lowest BCUT2D eigenvalue weighted by Gasteiger charge is -2.13. The molecule has 2 aromatic heterocycles. The maximum absolute atomic E-state index is 10.3. The van der Waals surface area contributed by atoms with Gasteiger partial charge in [-0.2, -0.15) is 0 Å². The van der Waals surface area contributed by atoms with Crippen molar-refractivity contribution < 1.29 is 5.11 Å².